The molecule has 210 valence electrons. The maximum absolute atomic E-state index is 13.9. The number of nitrogens with zero attached hydrogens (tertiary/aromatic N) is 2. The Hall–Kier alpha value is -4.43. The number of carbonyl (C=O) groups excluding carboxylic acids is 1. The third-order valence-electron chi connectivity index (χ3n) is 6.49. The summed E-state index contributed by atoms with van der Waals surface area (Å²) < 4.78 is 19.3. The second-order valence-corrected chi connectivity index (χ2v) is 10.9. The Morgan fingerprint density at radius 1 is 1.02 bits per heavy atom. The SMILES string of the molecule is CCOC(=O)C1=C(C)N=c2s/c(=C/c3cccc(OCc4ccccc4)c3)c(=O)n2[C@H]1c1ccc(OC(C)C)cc1. The lowest BCUT2D eigenvalue weighted by molar-refractivity contribution is -0.139. The third-order valence-corrected chi connectivity index (χ3v) is 7.47. The van der Waals surface area contributed by atoms with Gasteiger partial charge in [0.05, 0.1) is 34.6 Å². The molecule has 0 N–H and O–H groups in total. The number of carbonyl (C=O) groups is 1. The Kier molecular flexibility index (Phi) is 8.50. The highest BCUT2D eigenvalue weighted by Crippen LogP contribution is 2.31. The van der Waals surface area contributed by atoms with Crippen LogP contribution in [0, 0.1) is 0 Å². The molecule has 0 radical (unpaired) electrons. The van der Waals surface area contributed by atoms with E-state index in [-0.39, 0.29) is 18.3 Å². The molecular formula is C33H32N2O5S. The molecule has 0 amide bonds. The topological polar surface area (TPSA) is 79.1 Å². The average molecular weight is 569 g/mol. The Morgan fingerprint density at radius 3 is 2.49 bits per heavy atom. The highest BCUT2D eigenvalue weighted by molar-refractivity contribution is 7.07. The number of hydrogen-bond donors (Lipinski definition) is 0. The molecule has 1 aliphatic heterocycles. The van der Waals surface area contributed by atoms with Crippen molar-refractivity contribution in [3.8, 4) is 11.5 Å². The summed E-state index contributed by atoms with van der Waals surface area (Å²) in [7, 11) is 0. The molecule has 0 aliphatic carbocycles. The molecular weight excluding hydrogens is 536 g/mol. The molecule has 0 fully saturated rings. The number of allylic oxidation sites excluding steroid dienone is 1. The highest BCUT2D eigenvalue weighted by Gasteiger charge is 2.33. The minimum Gasteiger partial charge on any atom is -0.491 e. The Bertz CT molecular complexity index is 1750. The van der Waals surface area contributed by atoms with Gasteiger partial charge in [-0.25, -0.2) is 9.79 Å². The summed E-state index contributed by atoms with van der Waals surface area (Å²) in [5.41, 5.74) is 3.31. The second kappa shape index (κ2) is 12.4. The Labute approximate surface area is 242 Å². The third kappa shape index (κ3) is 6.33. The lowest BCUT2D eigenvalue weighted by Crippen LogP contribution is -2.39. The largest absolute Gasteiger partial charge is 0.491 e. The summed E-state index contributed by atoms with van der Waals surface area (Å²) in [6.45, 7) is 8.12. The van der Waals surface area contributed by atoms with Gasteiger partial charge >= 0.3 is 5.97 Å². The van der Waals surface area contributed by atoms with Gasteiger partial charge < -0.3 is 14.2 Å². The first-order valence-corrected chi connectivity index (χ1v) is 14.4. The lowest BCUT2D eigenvalue weighted by atomic mass is 9.96. The van der Waals surface area contributed by atoms with Crippen molar-refractivity contribution in [1.29, 1.82) is 0 Å². The van der Waals surface area contributed by atoms with Crippen LogP contribution in [0.5, 0.6) is 11.5 Å². The van der Waals surface area contributed by atoms with Crippen LogP contribution in [0.25, 0.3) is 6.08 Å². The van der Waals surface area contributed by atoms with Crippen LogP contribution in [0.4, 0.5) is 0 Å². The molecule has 2 heterocycles. The summed E-state index contributed by atoms with van der Waals surface area (Å²) in [5, 5.41) is 0. The van der Waals surface area contributed by atoms with Crippen LogP contribution >= 0.6 is 11.3 Å². The van der Waals surface area contributed by atoms with Crippen LogP contribution in [-0.4, -0.2) is 23.2 Å². The van der Waals surface area contributed by atoms with Crippen LogP contribution in [-0.2, 0) is 16.1 Å². The number of hydrogen-bond acceptors (Lipinski definition) is 7. The van der Waals surface area contributed by atoms with E-state index in [0.29, 0.717) is 38.7 Å². The predicted molar refractivity (Wildman–Crippen MR) is 160 cm³/mol. The normalized spacial score (nSPS) is 15.0. The zero-order valence-corrected chi connectivity index (χ0v) is 24.3. The molecule has 7 nitrogen and oxygen atoms in total. The molecule has 4 aromatic rings. The molecule has 0 saturated carbocycles. The number of benzene rings is 3. The van der Waals surface area contributed by atoms with Crippen LogP contribution in [0.3, 0.4) is 0 Å². The van der Waals surface area contributed by atoms with E-state index in [4.69, 9.17) is 14.2 Å². The maximum atomic E-state index is 13.9. The lowest BCUT2D eigenvalue weighted by Gasteiger charge is -2.25. The minimum absolute atomic E-state index is 0.0259. The number of esters is 1. The maximum Gasteiger partial charge on any atom is 0.338 e. The molecule has 5 rings (SSSR count). The number of thiazole rings is 1. The van der Waals surface area contributed by atoms with Gasteiger partial charge in [-0.1, -0.05) is 65.9 Å². The van der Waals surface area contributed by atoms with Gasteiger partial charge in [0.2, 0.25) is 0 Å². The fourth-order valence-electron chi connectivity index (χ4n) is 4.69. The first-order chi connectivity index (χ1) is 19.8. The van der Waals surface area contributed by atoms with Gasteiger partial charge in [0, 0.05) is 0 Å². The number of ether oxygens (including phenoxy) is 3. The summed E-state index contributed by atoms with van der Waals surface area (Å²) >= 11 is 1.29. The van der Waals surface area contributed by atoms with Gasteiger partial charge in [0.25, 0.3) is 5.56 Å². The number of fused-ring (bicyclic) bond motifs is 1. The molecule has 0 saturated heterocycles. The molecule has 3 aromatic carbocycles. The van der Waals surface area contributed by atoms with Crippen LogP contribution in [0.1, 0.15) is 50.4 Å². The van der Waals surface area contributed by atoms with Crippen molar-refractivity contribution < 1.29 is 19.0 Å². The van der Waals surface area contributed by atoms with Crippen molar-refractivity contribution in [3.63, 3.8) is 0 Å². The van der Waals surface area contributed by atoms with E-state index in [1.807, 2.05) is 98.8 Å². The van der Waals surface area contributed by atoms with Crippen LogP contribution in [0.15, 0.2) is 99.9 Å². The Balaban J connectivity index is 1.54. The van der Waals surface area contributed by atoms with E-state index in [1.165, 1.54) is 11.3 Å². The summed E-state index contributed by atoms with van der Waals surface area (Å²) in [5.74, 6) is 0.931. The summed E-state index contributed by atoms with van der Waals surface area (Å²) in [6, 6.07) is 24.4. The van der Waals surface area contributed by atoms with Crippen molar-refractivity contribution in [2.75, 3.05) is 6.61 Å². The molecule has 1 aromatic heterocycles. The summed E-state index contributed by atoms with van der Waals surface area (Å²) in [4.78, 5) is 32.2. The van der Waals surface area contributed by atoms with E-state index >= 15 is 0 Å². The van der Waals surface area contributed by atoms with E-state index < -0.39 is 12.0 Å². The first-order valence-electron chi connectivity index (χ1n) is 13.6. The van der Waals surface area contributed by atoms with Gasteiger partial charge in [-0.15, -0.1) is 0 Å². The average Bonchev–Trinajstić information content (AvgIpc) is 3.26. The molecule has 1 atom stereocenters. The fraction of sp³-hybridized carbons (Fsp3) is 0.242. The summed E-state index contributed by atoms with van der Waals surface area (Å²) in [6.07, 6.45) is 1.86. The number of rotatable bonds is 9. The van der Waals surface area contributed by atoms with Gasteiger partial charge in [-0.2, -0.15) is 0 Å². The quantitative estimate of drug-likeness (QED) is 0.261. The monoisotopic (exact) mass is 568 g/mol. The van der Waals surface area contributed by atoms with E-state index in [0.717, 1.165) is 16.7 Å². The van der Waals surface area contributed by atoms with Gasteiger partial charge in [-0.3, -0.25) is 9.36 Å². The van der Waals surface area contributed by atoms with Crippen molar-refractivity contribution in [2.45, 2.75) is 46.4 Å². The van der Waals surface area contributed by atoms with Crippen LogP contribution < -0.4 is 24.4 Å². The smallest absolute Gasteiger partial charge is 0.338 e. The predicted octanol–water partition coefficient (Wildman–Crippen LogP) is 5.16. The fourth-order valence-corrected chi connectivity index (χ4v) is 5.74. The molecule has 0 bridgehead atoms. The zero-order valence-electron chi connectivity index (χ0n) is 23.5. The van der Waals surface area contributed by atoms with Crippen LogP contribution in [0.2, 0.25) is 0 Å². The zero-order chi connectivity index (χ0) is 28.9. The molecule has 0 unspecified atom stereocenters. The van der Waals surface area contributed by atoms with Gasteiger partial charge in [0.15, 0.2) is 4.80 Å². The molecule has 0 spiro atoms. The first kappa shape index (κ1) is 28.1. The Morgan fingerprint density at radius 2 is 1.78 bits per heavy atom. The van der Waals surface area contributed by atoms with Crippen molar-refractivity contribution in [1.82, 2.24) is 4.57 Å². The standard InChI is InChI=1S/C33H32N2O5S/c1-5-38-32(37)29-22(4)34-33-35(30(29)25-14-16-26(17-15-25)40-21(2)3)31(36)28(41-33)19-24-12-9-13-27(18-24)39-20-23-10-7-6-8-11-23/h6-19,21,30H,5,20H2,1-4H3/b28-19+/t30-/m0/s1. The van der Waals surface area contributed by atoms with Crippen molar-refractivity contribution in [3.05, 3.63) is 127 Å². The van der Waals surface area contributed by atoms with Crippen molar-refractivity contribution in [2.24, 2.45) is 4.99 Å². The highest BCUT2D eigenvalue weighted by atomic mass is 32.1. The van der Waals surface area contributed by atoms with E-state index in [1.54, 1.807) is 18.4 Å². The van der Waals surface area contributed by atoms with E-state index in [9.17, 15) is 9.59 Å². The molecule has 41 heavy (non-hydrogen) atoms. The second-order valence-electron chi connectivity index (χ2n) is 9.88. The number of aromatic nitrogens is 1. The van der Waals surface area contributed by atoms with Crippen molar-refractivity contribution >= 4 is 23.4 Å². The molecule has 1 aliphatic rings. The minimum atomic E-state index is -0.680. The molecule has 8 heteroatoms. The van der Waals surface area contributed by atoms with Gasteiger partial charge in [-0.05, 0) is 74.7 Å². The van der Waals surface area contributed by atoms with Gasteiger partial charge in [0.1, 0.15) is 18.1 Å². The van der Waals surface area contributed by atoms with E-state index in [2.05, 4.69) is 4.99 Å².